The molecule has 0 spiro atoms. The van der Waals surface area contributed by atoms with E-state index >= 15 is 0 Å². The lowest BCUT2D eigenvalue weighted by molar-refractivity contribution is 0.102. The summed E-state index contributed by atoms with van der Waals surface area (Å²) in [5, 5.41) is 10.7. The lowest BCUT2D eigenvalue weighted by atomic mass is 10.1. The van der Waals surface area contributed by atoms with Crippen molar-refractivity contribution in [3.8, 4) is 22.8 Å². The molecular formula is C18H20N4O3S. The highest BCUT2D eigenvalue weighted by atomic mass is 32.1. The van der Waals surface area contributed by atoms with Gasteiger partial charge in [0.15, 0.2) is 0 Å². The fourth-order valence-electron chi connectivity index (χ4n) is 2.55. The topological polar surface area (TPSA) is 91.4 Å². The fourth-order valence-corrected chi connectivity index (χ4v) is 3.32. The molecule has 0 atom stereocenters. The van der Waals surface area contributed by atoms with Gasteiger partial charge in [-0.3, -0.25) is 9.48 Å². The number of carbonyl (C=O) groups is 1. The minimum atomic E-state index is -0.227. The Labute approximate surface area is 155 Å². The van der Waals surface area contributed by atoms with Crippen LogP contribution in [0.15, 0.2) is 41.2 Å². The first-order valence-electron chi connectivity index (χ1n) is 8.01. The van der Waals surface area contributed by atoms with Crippen molar-refractivity contribution in [1.82, 2.24) is 9.78 Å². The van der Waals surface area contributed by atoms with E-state index in [1.807, 2.05) is 25.2 Å². The van der Waals surface area contributed by atoms with Gasteiger partial charge in [-0.1, -0.05) is 0 Å². The van der Waals surface area contributed by atoms with E-state index in [0.29, 0.717) is 35.9 Å². The van der Waals surface area contributed by atoms with Gasteiger partial charge in [0.1, 0.15) is 18.1 Å². The fraction of sp³-hybridized carbons (Fsp3) is 0.222. The van der Waals surface area contributed by atoms with Crippen molar-refractivity contribution < 1.29 is 14.3 Å². The minimum absolute atomic E-state index is 0.227. The largest absolute Gasteiger partial charge is 0.495 e. The van der Waals surface area contributed by atoms with Gasteiger partial charge in [-0.05, 0) is 24.3 Å². The molecule has 0 unspecified atom stereocenters. The molecule has 26 heavy (non-hydrogen) atoms. The van der Waals surface area contributed by atoms with Crippen LogP contribution in [0.1, 0.15) is 10.4 Å². The molecule has 8 heteroatoms. The number of nitrogens with one attached hydrogen (secondary N) is 1. The number of thiophene rings is 1. The number of benzene rings is 1. The van der Waals surface area contributed by atoms with Crippen molar-refractivity contribution in [2.75, 3.05) is 25.6 Å². The van der Waals surface area contributed by atoms with Gasteiger partial charge < -0.3 is 20.5 Å². The molecule has 0 radical (unpaired) electrons. The highest BCUT2D eigenvalue weighted by molar-refractivity contribution is 7.08. The molecule has 0 saturated heterocycles. The van der Waals surface area contributed by atoms with E-state index in [0.717, 1.165) is 11.3 Å². The Morgan fingerprint density at radius 3 is 2.85 bits per heavy atom. The van der Waals surface area contributed by atoms with Gasteiger partial charge in [0.2, 0.25) is 0 Å². The predicted octanol–water partition coefficient (Wildman–Crippen LogP) is 2.75. The molecule has 0 bridgehead atoms. The lowest BCUT2D eigenvalue weighted by Crippen LogP contribution is -2.13. The molecular weight excluding hydrogens is 352 g/mol. The molecule has 1 aromatic carbocycles. The van der Waals surface area contributed by atoms with Crippen molar-refractivity contribution in [3.63, 3.8) is 0 Å². The molecule has 7 nitrogen and oxygen atoms in total. The quantitative estimate of drug-likeness (QED) is 0.665. The number of nitrogens with two attached hydrogens (primary N) is 1. The Kier molecular flexibility index (Phi) is 5.55. The number of rotatable bonds is 7. The second-order valence-corrected chi connectivity index (χ2v) is 6.24. The zero-order chi connectivity index (χ0) is 18.5. The van der Waals surface area contributed by atoms with Crippen molar-refractivity contribution in [3.05, 3.63) is 46.8 Å². The number of hydrogen-bond donors (Lipinski definition) is 2. The molecule has 136 valence electrons. The summed E-state index contributed by atoms with van der Waals surface area (Å²) in [6.45, 7) is 0.823. The summed E-state index contributed by atoms with van der Waals surface area (Å²) in [6, 6.07) is 7.36. The van der Waals surface area contributed by atoms with E-state index in [1.165, 1.54) is 11.3 Å². The first kappa shape index (κ1) is 18.0. The number of anilines is 1. The summed E-state index contributed by atoms with van der Waals surface area (Å²) in [6.07, 6.45) is 1.71. The van der Waals surface area contributed by atoms with E-state index in [9.17, 15) is 4.79 Å². The third-order valence-electron chi connectivity index (χ3n) is 3.80. The number of carbonyl (C=O) groups excluding carboxylic acids is 1. The Hall–Kier alpha value is -2.84. The third kappa shape index (κ3) is 3.71. The SMILES string of the molecule is COc1cscc1C(=O)Nc1ccc(OCCN)c(-c2ccnn2C)c1. The van der Waals surface area contributed by atoms with Crippen molar-refractivity contribution in [2.45, 2.75) is 0 Å². The number of amides is 1. The van der Waals surface area contributed by atoms with Crippen LogP contribution in [0.4, 0.5) is 5.69 Å². The summed E-state index contributed by atoms with van der Waals surface area (Å²) in [7, 11) is 3.40. The van der Waals surface area contributed by atoms with Gasteiger partial charge in [-0.25, -0.2) is 0 Å². The highest BCUT2D eigenvalue weighted by Crippen LogP contribution is 2.33. The van der Waals surface area contributed by atoms with E-state index in [-0.39, 0.29) is 5.91 Å². The average molecular weight is 372 g/mol. The van der Waals surface area contributed by atoms with Crippen LogP contribution in [0.25, 0.3) is 11.3 Å². The van der Waals surface area contributed by atoms with Gasteiger partial charge in [-0.2, -0.15) is 5.10 Å². The van der Waals surface area contributed by atoms with E-state index in [4.69, 9.17) is 15.2 Å². The summed E-state index contributed by atoms with van der Waals surface area (Å²) in [5.74, 6) is 1.02. The van der Waals surface area contributed by atoms with E-state index < -0.39 is 0 Å². The minimum Gasteiger partial charge on any atom is -0.495 e. The highest BCUT2D eigenvalue weighted by Gasteiger charge is 2.16. The van der Waals surface area contributed by atoms with Crippen LogP contribution in [-0.2, 0) is 7.05 Å². The number of ether oxygens (including phenoxy) is 2. The molecule has 0 aliphatic rings. The van der Waals surface area contributed by atoms with Crippen LogP contribution in [-0.4, -0.2) is 35.9 Å². The molecule has 3 N–H and O–H groups in total. The monoisotopic (exact) mass is 372 g/mol. The number of methoxy groups -OCH3 is 1. The van der Waals surface area contributed by atoms with Crippen molar-refractivity contribution in [1.29, 1.82) is 0 Å². The third-order valence-corrected chi connectivity index (χ3v) is 4.52. The van der Waals surface area contributed by atoms with Gasteiger partial charge >= 0.3 is 0 Å². The van der Waals surface area contributed by atoms with Crippen molar-refractivity contribution >= 4 is 22.9 Å². The van der Waals surface area contributed by atoms with Crippen LogP contribution < -0.4 is 20.5 Å². The maximum absolute atomic E-state index is 12.5. The first-order chi connectivity index (χ1) is 12.6. The van der Waals surface area contributed by atoms with Gasteiger partial charge in [0.25, 0.3) is 5.91 Å². The number of nitrogens with zero attached hydrogens (tertiary/aromatic N) is 2. The van der Waals surface area contributed by atoms with Gasteiger partial charge in [0.05, 0.1) is 18.4 Å². The van der Waals surface area contributed by atoms with Crippen LogP contribution in [0.2, 0.25) is 0 Å². The maximum Gasteiger partial charge on any atom is 0.260 e. The molecule has 1 amide bonds. The standard InChI is InChI=1S/C18H20N4O3S/c1-22-15(5-7-20-22)13-9-12(3-4-16(13)25-8-6-19)21-18(23)14-10-26-11-17(14)24-2/h3-5,7,9-11H,6,8,19H2,1-2H3,(H,21,23). The molecule has 0 aliphatic heterocycles. The predicted molar refractivity (Wildman–Crippen MR) is 102 cm³/mol. The van der Waals surface area contributed by atoms with Crippen LogP contribution >= 0.6 is 11.3 Å². The smallest absolute Gasteiger partial charge is 0.260 e. The Bertz CT molecular complexity index is 903. The van der Waals surface area contributed by atoms with Crippen LogP contribution in [0.5, 0.6) is 11.5 Å². The Morgan fingerprint density at radius 2 is 2.15 bits per heavy atom. The zero-order valence-electron chi connectivity index (χ0n) is 14.6. The number of aromatic nitrogens is 2. The lowest BCUT2D eigenvalue weighted by Gasteiger charge is -2.14. The summed E-state index contributed by atoms with van der Waals surface area (Å²) in [4.78, 5) is 12.5. The molecule has 0 saturated carbocycles. The number of hydrogen-bond acceptors (Lipinski definition) is 6. The maximum atomic E-state index is 12.5. The molecule has 2 aromatic heterocycles. The van der Waals surface area contributed by atoms with Crippen LogP contribution in [0, 0.1) is 0 Å². The van der Waals surface area contributed by atoms with Gasteiger partial charge in [0, 0.05) is 41.8 Å². The van der Waals surface area contributed by atoms with Crippen molar-refractivity contribution in [2.24, 2.45) is 12.8 Å². The second kappa shape index (κ2) is 8.03. The summed E-state index contributed by atoms with van der Waals surface area (Å²) < 4.78 is 12.7. The zero-order valence-corrected chi connectivity index (χ0v) is 15.4. The number of aryl methyl sites for hydroxylation is 1. The van der Waals surface area contributed by atoms with E-state index in [2.05, 4.69) is 10.4 Å². The Morgan fingerprint density at radius 1 is 1.31 bits per heavy atom. The summed E-state index contributed by atoms with van der Waals surface area (Å²) >= 11 is 1.42. The van der Waals surface area contributed by atoms with E-state index in [1.54, 1.807) is 34.8 Å². The van der Waals surface area contributed by atoms with Gasteiger partial charge in [-0.15, -0.1) is 11.3 Å². The van der Waals surface area contributed by atoms with Crippen LogP contribution in [0.3, 0.4) is 0 Å². The Balaban J connectivity index is 1.91. The second-order valence-electron chi connectivity index (χ2n) is 5.50. The summed E-state index contributed by atoms with van der Waals surface area (Å²) in [5.41, 5.74) is 8.40. The average Bonchev–Trinajstić information content (AvgIpc) is 3.29. The molecule has 3 rings (SSSR count). The first-order valence-corrected chi connectivity index (χ1v) is 8.95. The normalized spacial score (nSPS) is 10.6. The molecule has 2 heterocycles. The molecule has 3 aromatic rings. The molecule has 0 fully saturated rings. The molecule has 0 aliphatic carbocycles.